The molecule has 0 aromatic carbocycles. The molecule has 0 radical (unpaired) electrons. The molecule has 3 saturated heterocycles. The first kappa shape index (κ1) is 37.2. The lowest BCUT2D eigenvalue weighted by molar-refractivity contribution is -0.380. The summed E-state index contributed by atoms with van der Waals surface area (Å²) in [6, 6.07) is 0. The summed E-state index contributed by atoms with van der Waals surface area (Å²) in [5.41, 5.74) is 5.41. The van der Waals surface area contributed by atoms with Gasteiger partial charge in [0.2, 0.25) is 5.91 Å². The Morgan fingerprint density at radius 3 is 1.64 bits per heavy atom. The number of nitrogens with two attached hydrogens (primary N) is 1. The molecule has 0 aromatic rings. The number of ether oxygens (including phenoxy) is 6. The second-order valence-corrected chi connectivity index (χ2v) is 10.8. The number of unbranched alkanes of at least 4 members (excludes halogenated alkanes) is 1. The number of carbonyl (C=O) groups is 1. The van der Waals surface area contributed by atoms with Crippen molar-refractivity contribution < 1.29 is 84.3 Å². The molecule has 0 spiro atoms. The van der Waals surface area contributed by atoms with Crippen molar-refractivity contribution in [1.82, 2.24) is 5.32 Å². The maximum Gasteiger partial charge on any atom is 0.220 e. The average Bonchev–Trinajstić information content (AvgIpc) is 3.01. The van der Waals surface area contributed by atoms with E-state index in [4.69, 9.17) is 34.2 Å². The zero-order valence-corrected chi connectivity index (χ0v) is 23.9. The summed E-state index contributed by atoms with van der Waals surface area (Å²) in [4.78, 5) is 11.9. The number of nitrogens with one attached hydrogen (secondary N) is 1. The second-order valence-electron chi connectivity index (χ2n) is 10.8. The maximum atomic E-state index is 11.9. The molecule has 3 aliphatic heterocycles. The summed E-state index contributed by atoms with van der Waals surface area (Å²) >= 11 is 0. The maximum absolute atomic E-state index is 11.9. The highest BCUT2D eigenvalue weighted by molar-refractivity contribution is 5.75. The fourth-order valence-corrected chi connectivity index (χ4v) is 5.05. The van der Waals surface area contributed by atoms with E-state index in [9.17, 15) is 55.9 Å². The van der Waals surface area contributed by atoms with Gasteiger partial charge in [0.25, 0.3) is 0 Å². The molecule has 0 aromatic heterocycles. The zero-order valence-electron chi connectivity index (χ0n) is 23.9. The first-order valence-electron chi connectivity index (χ1n) is 14.4. The molecule has 19 nitrogen and oxygen atoms in total. The van der Waals surface area contributed by atoms with E-state index in [1.807, 2.05) is 0 Å². The number of aliphatic hydroxyl groups is 10. The first-order valence-corrected chi connectivity index (χ1v) is 14.4. The summed E-state index contributed by atoms with van der Waals surface area (Å²) in [6.07, 6.45) is -23.6. The third kappa shape index (κ3) is 8.98. The van der Waals surface area contributed by atoms with Crippen molar-refractivity contribution in [2.45, 2.75) is 111 Å². The minimum absolute atomic E-state index is 0.0450. The highest BCUT2D eigenvalue weighted by Gasteiger charge is 2.53. The number of rotatable bonds is 15. The van der Waals surface area contributed by atoms with Crippen LogP contribution in [-0.4, -0.2) is 189 Å². The number of aliphatic hydroxyl groups excluding tert-OH is 10. The molecule has 258 valence electrons. The van der Waals surface area contributed by atoms with E-state index in [0.717, 1.165) is 0 Å². The number of hydrogen-bond acceptors (Lipinski definition) is 18. The van der Waals surface area contributed by atoms with Gasteiger partial charge in [-0.25, -0.2) is 0 Å². The second kappa shape index (κ2) is 17.6. The predicted octanol–water partition coefficient (Wildman–Crippen LogP) is -7.30. The molecule has 7 unspecified atom stereocenters. The Morgan fingerprint density at radius 1 is 0.636 bits per heavy atom. The molecule has 3 heterocycles. The van der Waals surface area contributed by atoms with Crippen LogP contribution in [0.1, 0.15) is 19.3 Å². The lowest BCUT2D eigenvalue weighted by Gasteiger charge is -2.48. The predicted molar refractivity (Wildman–Crippen MR) is 141 cm³/mol. The lowest BCUT2D eigenvalue weighted by Crippen LogP contribution is -2.67. The normalized spacial score (nSPS) is 43.1. The first-order chi connectivity index (χ1) is 21.0. The van der Waals surface area contributed by atoms with Gasteiger partial charge in [-0.05, 0) is 19.4 Å². The molecule has 1 amide bonds. The van der Waals surface area contributed by atoms with Gasteiger partial charge < -0.3 is 90.5 Å². The van der Waals surface area contributed by atoms with Gasteiger partial charge in [0.15, 0.2) is 18.9 Å². The summed E-state index contributed by atoms with van der Waals surface area (Å²) in [7, 11) is 0. The Hall–Kier alpha value is -1.21. The van der Waals surface area contributed by atoms with E-state index in [-0.39, 0.29) is 25.5 Å². The van der Waals surface area contributed by atoms with Crippen molar-refractivity contribution in [3.8, 4) is 0 Å². The molecule has 0 saturated carbocycles. The fraction of sp³-hybridized carbons (Fsp3) is 0.960. The van der Waals surface area contributed by atoms with E-state index >= 15 is 0 Å². The lowest BCUT2D eigenvalue weighted by atomic mass is 9.96. The standard InChI is InChI=1S/C25H46N2O17/c26-4-2-1-3-13(31)27-5-6-39-23-19(37)21(15(33)11(8-29)40-23)44-25-20(38)22(16(34)12(9-30)42-25)43-24-18(36)17(35)14(32)10(7-28)41-24/h10-12,14-25,28-30,32-38H,1-9,26H2,(H,27,31)/t10?,11?,12?,14-,15-,16-,17?,18-,19?,20-,21?,22?,23+,24-,25-/m1/s1. The van der Waals surface area contributed by atoms with E-state index in [1.54, 1.807) is 0 Å². The van der Waals surface area contributed by atoms with Crippen LogP contribution in [0.25, 0.3) is 0 Å². The molecule has 3 aliphatic rings. The topological polar surface area (TPSA) is 313 Å². The SMILES string of the molecule is NCCCCC(=O)NCCO[C@H]1OC(CO)[C@@H](O)C(O[C@H]2OC(CO)[C@@H](O)C(O[C@H]3OC(CO)[C@@H](O)C(O)[C@H]3O)[C@H]2O)C1O. The third-order valence-corrected chi connectivity index (χ3v) is 7.64. The van der Waals surface area contributed by atoms with Crippen LogP contribution in [0.3, 0.4) is 0 Å². The van der Waals surface area contributed by atoms with Gasteiger partial charge in [-0.2, -0.15) is 0 Å². The van der Waals surface area contributed by atoms with Gasteiger partial charge >= 0.3 is 0 Å². The van der Waals surface area contributed by atoms with Crippen molar-refractivity contribution in [2.75, 3.05) is 39.5 Å². The van der Waals surface area contributed by atoms with E-state index in [0.29, 0.717) is 19.4 Å². The number of carbonyl (C=O) groups excluding carboxylic acids is 1. The Bertz CT molecular complexity index is 859. The molecule has 13 N–H and O–H groups in total. The third-order valence-electron chi connectivity index (χ3n) is 7.64. The van der Waals surface area contributed by atoms with Crippen molar-refractivity contribution in [3.63, 3.8) is 0 Å². The van der Waals surface area contributed by atoms with Crippen LogP contribution in [0.2, 0.25) is 0 Å². The molecule has 19 heteroatoms. The Kier molecular flexibility index (Phi) is 14.9. The van der Waals surface area contributed by atoms with Gasteiger partial charge in [0.1, 0.15) is 73.2 Å². The zero-order chi connectivity index (χ0) is 32.6. The molecule has 3 rings (SSSR count). The van der Waals surface area contributed by atoms with Gasteiger partial charge in [-0.15, -0.1) is 0 Å². The van der Waals surface area contributed by atoms with Gasteiger partial charge in [0, 0.05) is 13.0 Å². The molecule has 0 aliphatic carbocycles. The Morgan fingerprint density at radius 2 is 1.11 bits per heavy atom. The molecule has 3 fully saturated rings. The number of amides is 1. The van der Waals surface area contributed by atoms with Crippen molar-refractivity contribution in [3.05, 3.63) is 0 Å². The largest absolute Gasteiger partial charge is 0.394 e. The highest BCUT2D eigenvalue weighted by atomic mass is 16.8. The Labute approximate surface area is 252 Å². The summed E-state index contributed by atoms with van der Waals surface area (Å²) in [5, 5.41) is 105. The van der Waals surface area contributed by atoms with Crippen LogP contribution in [-0.2, 0) is 33.2 Å². The quantitative estimate of drug-likeness (QED) is 0.0735. The molecular weight excluding hydrogens is 600 g/mol. The van der Waals surface area contributed by atoms with Gasteiger partial charge in [-0.1, -0.05) is 0 Å². The van der Waals surface area contributed by atoms with E-state index < -0.39 is 112 Å². The summed E-state index contributed by atoms with van der Waals surface area (Å²) < 4.78 is 32.9. The minimum Gasteiger partial charge on any atom is -0.394 e. The van der Waals surface area contributed by atoms with Crippen LogP contribution >= 0.6 is 0 Å². The van der Waals surface area contributed by atoms with E-state index in [2.05, 4.69) is 5.32 Å². The van der Waals surface area contributed by atoms with Crippen LogP contribution < -0.4 is 11.1 Å². The highest BCUT2D eigenvalue weighted by Crippen LogP contribution is 2.32. The number of hydrogen-bond donors (Lipinski definition) is 12. The smallest absolute Gasteiger partial charge is 0.220 e. The minimum atomic E-state index is -1.94. The monoisotopic (exact) mass is 646 g/mol. The van der Waals surface area contributed by atoms with Crippen molar-refractivity contribution in [2.24, 2.45) is 5.73 Å². The van der Waals surface area contributed by atoms with Crippen LogP contribution in [0.4, 0.5) is 0 Å². The van der Waals surface area contributed by atoms with Crippen LogP contribution in [0.5, 0.6) is 0 Å². The van der Waals surface area contributed by atoms with Crippen LogP contribution in [0, 0.1) is 0 Å². The fourth-order valence-electron chi connectivity index (χ4n) is 5.05. The summed E-state index contributed by atoms with van der Waals surface area (Å²) in [5.74, 6) is -0.235. The van der Waals surface area contributed by atoms with E-state index in [1.165, 1.54) is 0 Å². The molecular formula is C25H46N2O17. The average molecular weight is 647 g/mol. The van der Waals surface area contributed by atoms with Crippen LogP contribution in [0.15, 0.2) is 0 Å². The molecule has 44 heavy (non-hydrogen) atoms. The van der Waals surface area contributed by atoms with Gasteiger partial charge in [-0.3, -0.25) is 4.79 Å². The summed E-state index contributed by atoms with van der Waals surface area (Å²) in [6.45, 7) is -1.97. The van der Waals surface area contributed by atoms with Gasteiger partial charge in [0.05, 0.1) is 26.4 Å². The van der Waals surface area contributed by atoms with Crippen molar-refractivity contribution in [1.29, 1.82) is 0 Å². The van der Waals surface area contributed by atoms with Crippen molar-refractivity contribution >= 4 is 5.91 Å². The molecule has 0 bridgehead atoms. The Balaban J connectivity index is 1.67. The molecule has 15 atom stereocenters.